The molecule has 3 heterocycles. The van der Waals surface area contributed by atoms with E-state index in [0.29, 0.717) is 22.5 Å². The molecular formula is C19H17BF4N2. The second-order valence-electron chi connectivity index (χ2n) is 6.93. The Hall–Kier alpha value is -2.57. The molecule has 0 radical (unpaired) electrons. The van der Waals surface area contributed by atoms with E-state index in [1.165, 1.54) is 6.07 Å². The highest BCUT2D eigenvalue weighted by molar-refractivity contribution is 6.58. The summed E-state index contributed by atoms with van der Waals surface area (Å²) < 4.78 is 61.9. The normalized spacial score (nSPS) is 18.2. The Bertz CT molecular complexity index is 1050. The Labute approximate surface area is 148 Å². The van der Waals surface area contributed by atoms with E-state index in [1.807, 2.05) is 0 Å². The fourth-order valence-corrected chi connectivity index (χ4v) is 4.27. The highest BCUT2D eigenvalue weighted by Crippen LogP contribution is 2.45. The van der Waals surface area contributed by atoms with E-state index >= 15 is 8.63 Å². The topological polar surface area (TPSA) is 7.94 Å². The molecule has 0 amide bonds. The second kappa shape index (κ2) is 5.22. The summed E-state index contributed by atoms with van der Waals surface area (Å²) in [4.78, 5) is 0. The van der Waals surface area contributed by atoms with Crippen molar-refractivity contribution in [2.45, 2.75) is 27.7 Å². The summed E-state index contributed by atoms with van der Waals surface area (Å²) in [5, 5.41) is 0. The first-order valence-corrected chi connectivity index (χ1v) is 8.37. The Kier molecular flexibility index (Phi) is 3.39. The lowest BCUT2D eigenvalue weighted by atomic mass is 9.83. The molecule has 0 saturated heterocycles. The van der Waals surface area contributed by atoms with Gasteiger partial charge in [0.05, 0.1) is 11.1 Å². The van der Waals surface area contributed by atoms with Crippen LogP contribution >= 0.6 is 0 Å². The maximum Gasteiger partial charge on any atom is 0.737 e. The van der Waals surface area contributed by atoms with E-state index < -0.39 is 18.6 Å². The lowest BCUT2D eigenvalue weighted by Gasteiger charge is -2.34. The van der Waals surface area contributed by atoms with Crippen molar-refractivity contribution in [2.24, 2.45) is 0 Å². The molecule has 4 rings (SSSR count). The molecule has 2 nitrogen and oxygen atoms in total. The number of halogens is 4. The van der Waals surface area contributed by atoms with Crippen molar-refractivity contribution in [1.29, 1.82) is 0 Å². The van der Waals surface area contributed by atoms with Crippen LogP contribution in [0.15, 0.2) is 41.6 Å². The van der Waals surface area contributed by atoms with Gasteiger partial charge in [-0.15, -0.1) is 0 Å². The third-order valence-electron chi connectivity index (χ3n) is 5.15. The number of benzene rings is 1. The van der Waals surface area contributed by atoms with Crippen molar-refractivity contribution in [3.63, 3.8) is 0 Å². The van der Waals surface area contributed by atoms with Crippen LogP contribution < -0.4 is 0 Å². The maximum absolute atomic E-state index is 15.4. The van der Waals surface area contributed by atoms with E-state index in [-0.39, 0.29) is 22.5 Å². The van der Waals surface area contributed by atoms with Gasteiger partial charge in [-0.2, -0.15) is 0 Å². The first kappa shape index (κ1) is 16.9. The number of aryl methyl sites for hydroxylation is 2. The number of aromatic nitrogens is 1. The number of hydrogen-bond acceptors (Lipinski definition) is 0. The zero-order chi connectivity index (χ0) is 19.0. The van der Waals surface area contributed by atoms with Gasteiger partial charge in [-0.1, -0.05) is 6.07 Å². The van der Waals surface area contributed by atoms with Gasteiger partial charge in [0.1, 0.15) is 17.3 Å². The van der Waals surface area contributed by atoms with Crippen molar-refractivity contribution >= 4 is 18.3 Å². The van der Waals surface area contributed by atoms with Gasteiger partial charge in [-0.3, -0.25) is 0 Å². The van der Waals surface area contributed by atoms with Crippen LogP contribution in [0, 0.1) is 25.5 Å². The van der Waals surface area contributed by atoms with Gasteiger partial charge in [0, 0.05) is 24.3 Å². The van der Waals surface area contributed by atoms with Crippen LogP contribution in [-0.2, 0) is 0 Å². The van der Waals surface area contributed by atoms with Crippen LogP contribution in [0.4, 0.5) is 17.4 Å². The molecular weight excluding hydrogens is 343 g/mol. The van der Waals surface area contributed by atoms with Gasteiger partial charge in [0.15, 0.2) is 5.70 Å². The van der Waals surface area contributed by atoms with E-state index in [4.69, 9.17) is 0 Å². The Morgan fingerprint density at radius 2 is 1.62 bits per heavy atom. The number of fused-ring (bicyclic) bond motifs is 2. The Balaban J connectivity index is 2.24. The van der Waals surface area contributed by atoms with Crippen LogP contribution in [0.2, 0.25) is 0 Å². The fourth-order valence-electron chi connectivity index (χ4n) is 4.27. The minimum absolute atomic E-state index is 0.171. The SMILES string of the molecule is CC1=CC(C)=[N+]2C1=C(c1c(F)cccc1F)c1c(C)cc(C)n1[B-]2(F)F. The molecule has 134 valence electrons. The average molecular weight is 360 g/mol. The van der Waals surface area contributed by atoms with Crippen molar-refractivity contribution in [3.8, 4) is 0 Å². The molecule has 2 aliphatic heterocycles. The largest absolute Gasteiger partial charge is 0.737 e. The molecule has 0 fully saturated rings. The molecule has 1 aromatic heterocycles. The predicted octanol–water partition coefficient (Wildman–Crippen LogP) is 4.81. The summed E-state index contributed by atoms with van der Waals surface area (Å²) in [5.74, 6) is -1.54. The summed E-state index contributed by atoms with van der Waals surface area (Å²) in [6.07, 6.45) is 1.63. The lowest BCUT2D eigenvalue weighted by molar-refractivity contribution is -0.363. The quantitative estimate of drug-likeness (QED) is 0.509. The van der Waals surface area contributed by atoms with E-state index in [9.17, 15) is 8.78 Å². The molecule has 26 heavy (non-hydrogen) atoms. The molecule has 2 aliphatic rings. The van der Waals surface area contributed by atoms with Crippen molar-refractivity contribution in [3.05, 3.63) is 75.8 Å². The number of hydrogen-bond donors (Lipinski definition) is 0. The highest BCUT2D eigenvalue weighted by Gasteiger charge is 2.55. The number of nitrogens with zero attached hydrogens (tertiary/aromatic N) is 2. The third kappa shape index (κ3) is 1.97. The zero-order valence-corrected chi connectivity index (χ0v) is 14.9. The molecule has 0 unspecified atom stereocenters. The molecule has 0 spiro atoms. The molecule has 0 aliphatic carbocycles. The van der Waals surface area contributed by atoms with Crippen LogP contribution in [-0.4, -0.2) is 21.6 Å². The van der Waals surface area contributed by atoms with E-state index in [1.54, 1.807) is 39.8 Å². The maximum atomic E-state index is 15.4. The fraction of sp³-hybridized carbons (Fsp3) is 0.211. The highest BCUT2D eigenvalue weighted by atomic mass is 19.2. The van der Waals surface area contributed by atoms with Crippen molar-refractivity contribution in [2.75, 3.05) is 0 Å². The first-order chi connectivity index (χ1) is 12.2. The van der Waals surface area contributed by atoms with E-state index in [2.05, 4.69) is 0 Å². The average Bonchev–Trinajstić information content (AvgIpc) is 2.99. The molecule has 1 aromatic carbocycles. The van der Waals surface area contributed by atoms with Crippen LogP contribution in [0.3, 0.4) is 0 Å². The third-order valence-corrected chi connectivity index (χ3v) is 5.15. The summed E-state index contributed by atoms with van der Waals surface area (Å²) in [6, 6.07) is 5.19. The number of allylic oxidation sites excluding steroid dienone is 2. The predicted molar refractivity (Wildman–Crippen MR) is 94.4 cm³/mol. The van der Waals surface area contributed by atoms with Gasteiger partial charge in [0.25, 0.3) is 0 Å². The van der Waals surface area contributed by atoms with Crippen LogP contribution in [0.1, 0.15) is 36.4 Å². The Morgan fingerprint density at radius 1 is 1.00 bits per heavy atom. The minimum Gasteiger partial charge on any atom is -0.393 e. The van der Waals surface area contributed by atoms with Gasteiger partial charge < -0.3 is 17.6 Å². The van der Waals surface area contributed by atoms with Crippen molar-refractivity contribution < 1.29 is 21.9 Å². The first-order valence-electron chi connectivity index (χ1n) is 8.37. The monoisotopic (exact) mass is 360 g/mol. The second-order valence-corrected chi connectivity index (χ2v) is 6.93. The van der Waals surface area contributed by atoms with Gasteiger partial charge in [0.2, 0.25) is 0 Å². The van der Waals surface area contributed by atoms with Gasteiger partial charge in [-0.25, -0.2) is 8.78 Å². The number of rotatable bonds is 1. The molecule has 2 aromatic rings. The Morgan fingerprint density at radius 3 is 2.23 bits per heavy atom. The van der Waals surface area contributed by atoms with Crippen molar-refractivity contribution in [1.82, 2.24) is 4.48 Å². The van der Waals surface area contributed by atoms with E-state index in [0.717, 1.165) is 21.1 Å². The minimum atomic E-state index is -4.16. The molecule has 0 bridgehead atoms. The summed E-state index contributed by atoms with van der Waals surface area (Å²) in [7, 11) is 0. The van der Waals surface area contributed by atoms with Gasteiger partial charge in [-0.05, 0) is 50.2 Å². The smallest absolute Gasteiger partial charge is 0.393 e. The molecule has 0 saturated carbocycles. The summed E-state index contributed by atoms with van der Waals surface area (Å²) in [5.41, 5.74) is 2.07. The zero-order valence-electron chi connectivity index (χ0n) is 14.9. The standard InChI is InChI=1S/C19H17BF4N2/c1-10-8-12(3)25-18(10)17(16-14(21)6-5-7-15(16)22)19-11(2)9-13(4)26(19)20(25,23)24/h5-9H,1-4H3. The summed E-state index contributed by atoms with van der Waals surface area (Å²) >= 11 is 0. The summed E-state index contributed by atoms with van der Waals surface area (Å²) in [6.45, 7) is 2.38. The molecule has 0 N–H and O–H groups in total. The lowest BCUT2D eigenvalue weighted by Crippen LogP contribution is -2.51. The van der Waals surface area contributed by atoms with Gasteiger partial charge >= 0.3 is 6.97 Å². The molecule has 7 heteroatoms. The van der Waals surface area contributed by atoms with Crippen LogP contribution in [0.5, 0.6) is 0 Å². The van der Waals surface area contributed by atoms with Crippen LogP contribution in [0.25, 0.3) is 5.57 Å². The molecule has 0 atom stereocenters.